The second kappa shape index (κ2) is 9.28. The van der Waals surface area contributed by atoms with Gasteiger partial charge in [0.1, 0.15) is 17.3 Å². The molecule has 0 spiro atoms. The molecule has 0 atom stereocenters. The molecule has 5 nitrogen and oxygen atoms in total. The minimum absolute atomic E-state index is 0.240. The number of nitrogens with zero attached hydrogens (tertiary/aromatic N) is 1. The highest BCUT2D eigenvalue weighted by Gasteiger charge is 2.10. The number of benzene rings is 2. The summed E-state index contributed by atoms with van der Waals surface area (Å²) in [6.45, 7) is 4.36. The van der Waals surface area contributed by atoms with Gasteiger partial charge in [-0.3, -0.25) is 4.79 Å². The van der Waals surface area contributed by atoms with E-state index < -0.39 is 0 Å². The van der Waals surface area contributed by atoms with E-state index in [1.54, 1.807) is 23.9 Å². The van der Waals surface area contributed by atoms with Gasteiger partial charge in [0, 0.05) is 17.1 Å². The topological polar surface area (TPSA) is 77.2 Å². The lowest BCUT2D eigenvalue weighted by Gasteiger charge is -2.10. The van der Waals surface area contributed by atoms with Crippen LogP contribution in [0.2, 0.25) is 0 Å². The molecule has 3 rings (SSSR count). The zero-order valence-corrected chi connectivity index (χ0v) is 16.8. The number of rotatable bonds is 7. The summed E-state index contributed by atoms with van der Waals surface area (Å²) in [6, 6.07) is 19.1. The van der Waals surface area contributed by atoms with Crippen LogP contribution in [0, 0.1) is 6.92 Å². The average Bonchev–Trinajstić information content (AvgIpc) is 2.68. The third kappa shape index (κ3) is 5.27. The third-order valence-electron chi connectivity index (χ3n) is 4.04. The first-order valence-corrected chi connectivity index (χ1v) is 10.0. The lowest BCUT2D eigenvalue weighted by Crippen LogP contribution is -2.24. The van der Waals surface area contributed by atoms with Crippen molar-refractivity contribution in [2.45, 2.75) is 25.3 Å². The second-order valence-electron chi connectivity index (χ2n) is 6.22. The van der Waals surface area contributed by atoms with E-state index in [0.717, 1.165) is 28.5 Å². The number of aryl methyl sites for hydroxylation is 1. The van der Waals surface area contributed by atoms with Crippen molar-refractivity contribution in [2.24, 2.45) is 0 Å². The molecule has 3 N–H and O–H groups in total. The minimum atomic E-state index is -0.240. The van der Waals surface area contributed by atoms with Crippen LogP contribution in [0.3, 0.4) is 0 Å². The lowest BCUT2D eigenvalue weighted by molar-refractivity contribution is 0.0951. The van der Waals surface area contributed by atoms with E-state index in [1.807, 2.05) is 49.4 Å². The summed E-state index contributed by atoms with van der Waals surface area (Å²) in [6.07, 6.45) is 0. The normalized spacial score (nSPS) is 10.5. The van der Waals surface area contributed by atoms with Crippen molar-refractivity contribution in [1.82, 2.24) is 10.3 Å². The van der Waals surface area contributed by atoms with Crippen molar-refractivity contribution in [3.05, 3.63) is 77.5 Å². The zero-order chi connectivity index (χ0) is 19.9. The number of carbonyl (C=O) groups excluding carboxylic acids is 1. The summed E-state index contributed by atoms with van der Waals surface area (Å²) >= 11 is 1.78. The monoisotopic (exact) mass is 393 g/mol. The van der Waals surface area contributed by atoms with E-state index in [4.69, 9.17) is 10.5 Å². The van der Waals surface area contributed by atoms with Crippen LogP contribution >= 0.6 is 11.8 Å². The number of hydrogen-bond donors (Lipinski definition) is 2. The second-order valence-corrected chi connectivity index (χ2v) is 7.56. The van der Waals surface area contributed by atoms with Crippen molar-refractivity contribution < 1.29 is 9.53 Å². The van der Waals surface area contributed by atoms with E-state index in [0.29, 0.717) is 12.1 Å². The van der Waals surface area contributed by atoms with Crippen LogP contribution in [0.4, 0.5) is 5.82 Å². The Balaban J connectivity index is 1.58. The predicted molar refractivity (Wildman–Crippen MR) is 114 cm³/mol. The molecule has 1 amide bonds. The van der Waals surface area contributed by atoms with Gasteiger partial charge in [0.05, 0.1) is 5.56 Å². The van der Waals surface area contributed by atoms with E-state index in [9.17, 15) is 4.79 Å². The van der Waals surface area contributed by atoms with E-state index >= 15 is 0 Å². The van der Waals surface area contributed by atoms with Gasteiger partial charge in [-0.15, -0.1) is 11.8 Å². The molecule has 2 aromatic carbocycles. The third-order valence-corrected chi connectivity index (χ3v) is 4.91. The van der Waals surface area contributed by atoms with E-state index in [-0.39, 0.29) is 11.7 Å². The maximum absolute atomic E-state index is 12.3. The van der Waals surface area contributed by atoms with Crippen molar-refractivity contribution in [3.63, 3.8) is 0 Å². The van der Waals surface area contributed by atoms with Crippen molar-refractivity contribution in [3.8, 4) is 11.5 Å². The molecule has 1 aromatic heterocycles. The molecule has 0 radical (unpaired) electrons. The number of ether oxygens (including phenoxy) is 1. The molecule has 0 aliphatic rings. The van der Waals surface area contributed by atoms with Crippen LogP contribution in [0.15, 0.2) is 65.6 Å². The number of pyridine rings is 1. The Morgan fingerprint density at radius 2 is 1.89 bits per heavy atom. The number of aromatic nitrogens is 1. The Labute approximate surface area is 169 Å². The van der Waals surface area contributed by atoms with Crippen LogP contribution in [-0.4, -0.2) is 16.6 Å². The van der Waals surface area contributed by atoms with Crippen LogP contribution in [0.25, 0.3) is 0 Å². The molecule has 28 heavy (non-hydrogen) atoms. The van der Waals surface area contributed by atoms with E-state index in [2.05, 4.69) is 23.3 Å². The van der Waals surface area contributed by atoms with Crippen LogP contribution in [-0.2, 0) is 6.54 Å². The van der Waals surface area contributed by atoms with Crippen molar-refractivity contribution in [1.29, 1.82) is 0 Å². The van der Waals surface area contributed by atoms with Gasteiger partial charge in [-0.25, -0.2) is 4.98 Å². The molecule has 0 unspecified atom stereocenters. The molecule has 0 saturated heterocycles. The Morgan fingerprint density at radius 1 is 1.11 bits per heavy atom. The zero-order valence-electron chi connectivity index (χ0n) is 15.9. The Bertz CT molecular complexity index is 958. The van der Waals surface area contributed by atoms with Gasteiger partial charge >= 0.3 is 0 Å². The highest BCUT2D eigenvalue weighted by Crippen LogP contribution is 2.26. The van der Waals surface area contributed by atoms with Gasteiger partial charge in [-0.05, 0) is 60.7 Å². The van der Waals surface area contributed by atoms with Crippen LogP contribution in [0.5, 0.6) is 11.5 Å². The van der Waals surface area contributed by atoms with Crippen LogP contribution < -0.4 is 15.8 Å². The summed E-state index contributed by atoms with van der Waals surface area (Å²) < 4.78 is 5.92. The van der Waals surface area contributed by atoms with Crippen molar-refractivity contribution >= 4 is 23.5 Å². The van der Waals surface area contributed by atoms with Gasteiger partial charge < -0.3 is 15.8 Å². The number of hydrogen-bond acceptors (Lipinski definition) is 5. The molecule has 0 fully saturated rings. The fraction of sp³-hybridized carbons (Fsp3) is 0.182. The first-order chi connectivity index (χ1) is 13.5. The predicted octanol–water partition coefficient (Wildman–Crippen LogP) is 4.81. The molecule has 3 aromatic rings. The largest absolute Gasteiger partial charge is 0.457 e. The number of nitrogens with two attached hydrogens (primary N) is 1. The summed E-state index contributed by atoms with van der Waals surface area (Å²) in [5.74, 6) is 2.58. The highest BCUT2D eigenvalue weighted by molar-refractivity contribution is 7.99. The van der Waals surface area contributed by atoms with Gasteiger partial charge in [0.25, 0.3) is 5.91 Å². The lowest BCUT2D eigenvalue weighted by atomic mass is 10.2. The number of amides is 1. The number of thioether (sulfide) groups is 1. The van der Waals surface area contributed by atoms with Crippen LogP contribution in [0.1, 0.15) is 28.5 Å². The van der Waals surface area contributed by atoms with Gasteiger partial charge in [-0.2, -0.15) is 0 Å². The molecular weight excluding hydrogens is 370 g/mol. The first kappa shape index (κ1) is 19.8. The SMILES string of the molecule is CCSc1cccc(Oc2ccc(CNC(=O)c3ccc(C)nc3N)cc2)c1. The molecule has 0 saturated carbocycles. The van der Waals surface area contributed by atoms with Gasteiger partial charge in [0.15, 0.2) is 0 Å². The number of anilines is 1. The Morgan fingerprint density at radius 3 is 2.61 bits per heavy atom. The van der Waals surface area contributed by atoms with E-state index in [1.165, 1.54) is 4.90 Å². The first-order valence-electron chi connectivity index (χ1n) is 9.06. The van der Waals surface area contributed by atoms with Crippen molar-refractivity contribution in [2.75, 3.05) is 11.5 Å². The van der Waals surface area contributed by atoms with Gasteiger partial charge in [0.2, 0.25) is 0 Å². The number of nitrogen functional groups attached to an aromatic ring is 1. The quantitative estimate of drug-likeness (QED) is 0.564. The summed E-state index contributed by atoms with van der Waals surface area (Å²) in [7, 11) is 0. The smallest absolute Gasteiger partial charge is 0.255 e. The fourth-order valence-electron chi connectivity index (χ4n) is 2.65. The Kier molecular flexibility index (Phi) is 6.55. The molecule has 0 aliphatic heterocycles. The highest BCUT2D eigenvalue weighted by atomic mass is 32.2. The van der Waals surface area contributed by atoms with Gasteiger partial charge in [-0.1, -0.05) is 25.1 Å². The molecule has 0 bridgehead atoms. The molecule has 1 heterocycles. The Hall–Kier alpha value is -2.99. The summed E-state index contributed by atoms with van der Waals surface area (Å²) in [4.78, 5) is 17.6. The number of carbonyl (C=O) groups is 1. The number of nitrogens with one attached hydrogen (secondary N) is 1. The molecular formula is C22H23N3O2S. The summed E-state index contributed by atoms with van der Waals surface area (Å²) in [5, 5.41) is 2.86. The molecule has 6 heteroatoms. The molecule has 0 aliphatic carbocycles. The maximum atomic E-state index is 12.3. The maximum Gasteiger partial charge on any atom is 0.255 e. The minimum Gasteiger partial charge on any atom is -0.457 e. The standard InChI is InChI=1S/C22H23N3O2S/c1-3-28-19-6-4-5-18(13-19)27-17-10-8-16(9-11-17)14-24-22(26)20-12-7-15(2)25-21(20)23/h4-13H,3,14H2,1-2H3,(H2,23,25)(H,24,26). The molecule has 144 valence electrons. The fourth-order valence-corrected chi connectivity index (χ4v) is 3.36. The summed E-state index contributed by atoms with van der Waals surface area (Å²) in [5.41, 5.74) is 7.96. The average molecular weight is 394 g/mol.